The van der Waals surface area contributed by atoms with Crippen LogP contribution < -0.4 is 4.90 Å². The molecule has 0 amide bonds. The van der Waals surface area contributed by atoms with Crippen molar-refractivity contribution in [2.45, 2.75) is 38.8 Å². The normalized spacial score (nSPS) is 23.3. The summed E-state index contributed by atoms with van der Waals surface area (Å²) in [5.74, 6) is -1.07. The van der Waals surface area contributed by atoms with Gasteiger partial charge in [0, 0.05) is 37.1 Å². The Kier molecular flexibility index (Phi) is 5.52. The van der Waals surface area contributed by atoms with Gasteiger partial charge in [-0.3, -0.25) is 14.4 Å². The highest BCUT2D eigenvalue weighted by Crippen LogP contribution is 2.61. The number of Topliss-reactive ketones (excluding diaryl/α,β-unsaturated/α-hetero) is 3. The maximum Gasteiger partial charge on any atom is 0.180 e. The molecule has 1 fully saturated rings. The molecule has 1 spiro atoms. The van der Waals surface area contributed by atoms with Crippen LogP contribution in [0.4, 0.5) is 5.69 Å². The quantitative estimate of drug-likeness (QED) is 0.284. The van der Waals surface area contributed by atoms with Crippen molar-refractivity contribution in [2.75, 3.05) is 4.90 Å². The third kappa shape index (κ3) is 3.34. The van der Waals surface area contributed by atoms with Crippen molar-refractivity contribution in [3.8, 4) is 0 Å². The average Bonchev–Trinajstić information content (AvgIpc) is 3.29. The van der Waals surface area contributed by atoms with Gasteiger partial charge >= 0.3 is 0 Å². The van der Waals surface area contributed by atoms with E-state index in [1.165, 1.54) is 0 Å². The zero-order chi connectivity index (χ0) is 26.3. The fourth-order valence-corrected chi connectivity index (χ4v) is 7.08. The molecule has 1 saturated heterocycles. The summed E-state index contributed by atoms with van der Waals surface area (Å²) in [6, 6.07) is 19.4. The maximum absolute atomic E-state index is 14.5. The second kappa shape index (κ2) is 8.34. The van der Waals surface area contributed by atoms with Crippen LogP contribution in [0.25, 0.3) is 6.08 Å². The van der Waals surface area contributed by atoms with Crippen LogP contribution in [0.1, 0.15) is 58.5 Å². The third-order valence-corrected chi connectivity index (χ3v) is 9.02. The zero-order valence-corrected chi connectivity index (χ0v) is 23.8. The van der Waals surface area contributed by atoms with E-state index in [1.54, 1.807) is 24.3 Å². The number of carbonyl (C=O) groups excluding carboxylic acids is 3. The Morgan fingerprint density at radius 3 is 2.05 bits per heavy atom. The minimum Gasteiger partial charge on any atom is -0.352 e. The number of carbonyl (C=O) groups is 3. The van der Waals surface area contributed by atoms with E-state index in [2.05, 4.69) is 36.8 Å². The number of rotatable bonds is 2. The standard InChI is InChI=1S/C31H25Br2NO3/c1-30(2,3)29(37)26-25(17-8-11-19(32)12-9-17)31(27(35)21-6-4-5-7-22(21)28(31)36)24-15-10-18-16-20(33)13-14-23(18)34(24)26/h4-16,24-26H,1-3H3/t24?,25-,26+/m0/s1. The molecule has 186 valence electrons. The molecule has 3 atom stereocenters. The number of anilines is 1. The van der Waals surface area contributed by atoms with E-state index in [1.807, 2.05) is 75.4 Å². The minimum absolute atomic E-state index is 0.00280. The molecule has 0 N–H and O–H groups in total. The number of benzene rings is 3. The molecule has 3 aliphatic rings. The number of hydrogen-bond donors (Lipinski definition) is 0. The average molecular weight is 619 g/mol. The van der Waals surface area contributed by atoms with Crippen molar-refractivity contribution in [1.82, 2.24) is 0 Å². The highest BCUT2D eigenvalue weighted by Gasteiger charge is 2.71. The first-order valence-electron chi connectivity index (χ1n) is 12.3. The van der Waals surface area contributed by atoms with E-state index < -0.39 is 28.8 Å². The largest absolute Gasteiger partial charge is 0.352 e. The molecule has 2 heterocycles. The fourth-order valence-electron chi connectivity index (χ4n) is 6.43. The lowest BCUT2D eigenvalue weighted by Crippen LogP contribution is -2.49. The molecule has 37 heavy (non-hydrogen) atoms. The zero-order valence-electron chi connectivity index (χ0n) is 20.7. The van der Waals surface area contributed by atoms with Crippen LogP contribution in [0.3, 0.4) is 0 Å². The number of halogens is 2. The van der Waals surface area contributed by atoms with Crippen LogP contribution in [0.15, 0.2) is 81.8 Å². The summed E-state index contributed by atoms with van der Waals surface area (Å²) >= 11 is 7.07. The van der Waals surface area contributed by atoms with Crippen LogP contribution in [-0.2, 0) is 4.79 Å². The van der Waals surface area contributed by atoms with E-state index in [9.17, 15) is 14.4 Å². The number of fused-ring (bicyclic) bond motifs is 5. The van der Waals surface area contributed by atoms with Crippen molar-refractivity contribution >= 4 is 61.0 Å². The van der Waals surface area contributed by atoms with Gasteiger partial charge in [-0.15, -0.1) is 0 Å². The summed E-state index contributed by atoms with van der Waals surface area (Å²) < 4.78 is 1.81. The van der Waals surface area contributed by atoms with Crippen molar-refractivity contribution in [2.24, 2.45) is 10.8 Å². The Morgan fingerprint density at radius 2 is 1.46 bits per heavy atom. The predicted octanol–water partition coefficient (Wildman–Crippen LogP) is 7.26. The Morgan fingerprint density at radius 1 is 0.865 bits per heavy atom. The molecule has 6 heteroatoms. The second-order valence-electron chi connectivity index (χ2n) is 11.1. The van der Waals surface area contributed by atoms with Crippen LogP contribution in [-0.4, -0.2) is 29.4 Å². The van der Waals surface area contributed by atoms with Crippen molar-refractivity contribution in [1.29, 1.82) is 0 Å². The van der Waals surface area contributed by atoms with Gasteiger partial charge in [-0.05, 0) is 41.5 Å². The molecule has 0 radical (unpaired) electrons. The van der Waals surface area contributed by atoms with Gasteiger partial charge in [-0.2, -0.15) is 0 Å². The van der Waals surface area contributed by atoms with Gasteiger partial charge in [-0.25, -0.2) is 0 Å². The van der Waals surface area contributed by atoms with Crippen molar-refractivity contribution < 1.29 is 14.4 Å². The van der Waals surface area contributed by atoms with Gasteiger partial charge < -0.3 is 4.90 Å². The first-order chi connectivity index (χ1) is 17.6. The Labute approximate surface area is 233 Å². The molecule has 1 aliphatic carbocycles. The molecule has 3 aromatic carbocycles. The van der Waals surface area contributed by atoms with Crippen molar-refractivity contribution in [3.63, 3.8) is 0 Å². The van der Waals surface area contributed by atoms with E-state index >= 15 is 0 Å². The predicted molar refractivity (Wildman–Crippen MR) is 152 cm³/mol. The number of ketones is 3. The van der Waals surface area contributed by atoms with Crippen LogP contribution >= 0.6 is 31.9 Å². The minimum atomic E-state index is -1.45. The van der Waals surface area contributed by atoms with E-state index in [-0.39, 0.29) is 17.3 Å². The smallest absolute Gasteiger partial charge is 0.180 e. The highest BCUT2D eigenvalue weighted by molar-refractivity contribution is 9.10. The van der Waals surface area contributed by atoms with Crippen LogP contribution in [0.2, 0.25) is 0 Å². The molecule has 6 rings (SSSR count). The van der Waals surface area contributed by atoms with E-state index in [0.29, 0.717) is 11.1 Å². The summed E-state index contributed by atoms with van der Waals surface area (Å²) in [5.41, 5.74) is 1.34. The summed E-state index contributed by atoms with van der Waals surface area (Å²) in [7, 11) is 0. The topological polar surface area (TPSA) is 54.5 Å². The van der Waals surface area contributed by atoms with Gasteiger partial charge in [-0.1, -0.05) is 101 Å². The lowest BCUT2D eigenvalue weighted by Gasteiger charge is -2.38. The lowest BCUT2D eigenvalue weighted by atomic mass is 9.63. The lowest BCUT2D eigenvalue weighted by molar-refractivity contribution is -0.127. The molecule has 0 bridgehead atoms. The van der Waals surface area contributed by atoms with Crippen LogP contribution in [0, 0.1) is 10.8 Å². The fraction of sp³-hybridized carbons (Fsp3) is 0.258. The summed E-state index contributed by atoms with van der Waals surface area (Å²) in [6.07, 6.45) is 3.94. The molecule has 0 saturated carbocycles. The SMILES string of the molecule is CC(C)(C)C(=O)[C@H]1[C@H](c2ccc(Br)cc2)C2(C(=O)c3ccccc3C2=O)C2C=Cc3cc(Br)ccc3N21. The Balaban J connectivity index is 1.70. The molecule has 2 aliphatic heterocycles. The maximum atomic E-state index is 14.5. The van der Waals surface area contributed by atoms with E-state index in [4.69, 9.17) is 0 Å². The summed E-state index contributed by atoms with van der Waals surface area (Å²) in [6.45, 7) is 5.72. The first kappa shape index (κ1) is 24.5. The number of hydrogen-bond acceptors (Lipinski definition) is 4. The molecular formula is C31H25Br2NO3. The molecule has 4 nitrogen and oxygen atoms in total. The Hall–Kier alpha value is -2.83. The van der Waals surface area contributed by atoms with Gasteiger partial charge in [0.05, 0.1) is 12.1 Å². The highest BCUT2D eigenvalue weighted by atomic mass is 79.9. The second-order valence-corrected chi connectivity index (χ2v) is 12.9. The molecule has 0 aromatic heterocycles. The van der Waals surface area contributed by atoms with Crippen LogP contribution in [0.5, 0.6) is 0 Å². The third-order valence-electron chi connectivity index (χ3n) is 8.00. The monoisotopic (exact) mass is 617 g/mol. The van der Waals surface area contributed by atoms with Crippen molar-refractivity contribution in [3.05, 3.63) is 104 Å². The first-order valence-corrected chi connectivity index (χ1v) is 13.9. The van der Waals surface area contributed by atoms with E-state index in [0.717, 1.165) is 25.8 Å². The summed E-state index contributed by atoms with van der Waals surface area (Å²) in [4.78, 5) is 45.5. The van der Waals surface area contributed by atoms with Gasteiger partial charge in [0.2, 0.25) is 0 Å². The van der Waals surface area contributed by atoms with Gasteiger partial charge in [0.1, 0.15) is 5.41 Å². The number of nitrogens with zero attached hydrogens (tertiary/aromatic N) is 1. The van der Waals surface area contributed by atoms with Gasteiger partial charge in [0.15, 0.2) is 17.3 Å². The summed E-state index contributed by atoms with van der Waals surface area (Å²) in [5, 5.41) is 0. The van der Waals surface area contributed by atoms with Gasteiger partial charge in [0.25, 0.3) is 0 Å². The Bertz CT molecular complexity index is 1480. The molecular weight excluding hydrogens is 594 g/mol. The molecule has 3 aromatic rings. The molecule has 1 unspecified atom stereocenters.